The van der Waals surface area contributed by atoms with E-state index in [9.17, 15) is 0 Å². The van der Waals surface area contributed by atoms with Gasteiger partial charge in [-0.2, -0.15) is 0 Å². The smallest absolute Gasteiger partial charge is 0.137 e. The van der Waals surface area contributed by atoms with Crippen LogP contribution >= 0.6 is 23.2 Å². The molecule has 5 heteroatoms. The average Bonchev–Trinajstić information content (AvgIpc) is 2.45. The third kappa shape index (κ3) is 3.42. The largest absolute Gasteiger partial charge is 0.495 e. The van der Waals surface area contributed by atoms with E-state index in [1.165, 1.54) is 0 Å². The van der Waals surface area contributed by atoms with E-state index >= 15 is 0 Å². The van der Waals surface area contributed by atoms with Gasteiger partial charge in [-0.05, 0) is 35.9 Å². The molecule has 1 unspecified atom stereocenters. The van der Waals surface area contributed by atoms with Crippen LogP contribution < -0.4 is 10.1 Å². The molecule has 0 spiro atoms. The summed E-state index contributed by atoms with van der Waals surface area (Å²) < 4.78 is 5.22. The summed E-state index contributed by atoms with van der Waals surface area (Å²) in [6, 6.07) is 7.41. The summed E-state index contributed by atoms with van der Waals surface area (Å²) in [4.78, 5) is 4.20. The van der Waals surface area contributed by atoms with Crippen LogP contribution in [0, 0.1) is 0 Å². The molecule has 0 aliphatic heterocycles. The highest BCUT2D eigenvalue weighted by Gasteiger charge is 2.17. The van der Waals surface area contributed by atoms with Crippen LogP contribution in [-0.2, 0) is 0 Å². The zero-order valence-corrected chi connectivity index (χ0v) is 12.9. The van der Waals surface area contributed by atoms with Crippen molar-refractivity contribution in [2.75, 3.05) is 13.7 Å². The number of aromatic nitrogens is 1. The van der Waals surface area contributed by atoms with Crippen molar-refractivity contribution in [1.29, 1.82) is 0 Å². The molecule has 0 aliphatic carbocycles. The second-order valence-electron chi connectivity index (χ2n) is 4.31. The van der Waals surface area contributed by atoms with Crippen molar-refractivity contribution in [2.45, 2.75) is 13.0 Å². The standard InChI is InChI=1S/C15H16Cl2N2O/c1-3-19-15(10-6-12(20-2)9-18-8-10)13-5-4-11(16)7-14(13)17/h4-9,15,19H,3H2,1-2H3. The van der Waals surface area contributed by atoms with Gasteiger partial charge in [-0.3, -0.25) is 4.98 Å². The number of hydrogen-bond donors (Lipinski definition) is 1. The summed E-state index contributed by atoms with van der Waals surface area (Å²) in [7, 11) is 1.62. The van der Waals surface area contributed by atoms with Gasteiger partial charge in [0.1, 0.15) is 5.75 Å². The van der Waals surface area contributed by atoms with Crippen molar-refractivity contribution < 1.29 is 4.74 Å². The normalized spacial score (nSPS) is 12.2. The number of nitrogens with one attached hydrogen (secondary N) is 1. The number of methoxy groups -OCH3 is 1. The van der Waals surface area contributed by atoms with Crippen molar-refractivity contribution >= 4 is 23.2 Å². The third-order valence-corrected chi connectivity index (χ3v) is 3.55. The summed E-state index contributed by atoms with van der Waals surface area (Å²) in [6.07, 6.45) is 3.48. The minimum atomic E-state index is -0.0487. The minimum Gasteiger partial charge on any atom is -0.495 e. The molecule has 1 heterocycles. The van der Waals surface area contributed by atoms with Crippen LogP contribution in [-0.4, -0.2) is 18.6 Å². The SMILES string of the molecule is CCNC(c1cncc(OC)c1)c1ccc(Cl)cc1Cl. The zero-order chi connectivity index (χ0) is 14.5. The predicted molar refractivity (Wildman–Crippen MR) is 82.8 cm³/mol. The molecule has 0 saturated carbocycles. The van der Waals surface area contributed by atoms with E-state index in [4.69, 9.17) is 27.9 Å². The van der Waals surface area contributed by atoms with Gasteiger partial charge in [0.05, 0.1) is 19.3 Å². The second-order valence-corrected chi connectivity index (χ2v) is 5.16. The molecular weight excluding hydrogens is 295 g/mol. The third-order valence-electron chi connectivity index (χ3n) is 2.99. The van der Waals surface area contributed by atoms with Crippen LogP contribution in [0.4, 0.5) is 0 Å². The molecule has 2 rings (SSSR count). The van der Waals surface area contributed by atoms with Gasteiger partial charge in [0.2, 0.25) is 0 Å². The molecule has 106 valence electrons. The molecule has 1 aromatic carbocycles. The van der Waals surface area contributed by atoms with Crippen LogP contribution in [0.5, 0.6) is 5.75 Å². The lowest BCUT2D eigenvalue weighted by Gasteiger charge is -2.20. The van der Waals surface area contributed by atoms with Gasteiger partial charge in [-0.1, -0.05) is 36.2 Å². The molecule has 0 radical (unpaired) electrons. The Morgan fingerprint density at radius 2 is 2.05 bits per heavy atom. The first-order chi connectivity index (χ1) is 9.65. The lowest BCUT2D eigenvalue weighted by Crippen LogP contribution is -2.22. The number of benzene rings is 1. The summed E-state index contributed by atoms with van der Waals surface area (Å²) in [5, 5.41) is 4.66. The first-order valence-corrected chi connectivity index (χ1v) is 7.08. The van der Waals surface area contributed by atoms with Crippen LogP contribution in [0.1, 0.15) is 24.1 Å². The fourth-order valence-electron chi connectivity index (χ4n) is 2.05. The summed E-state index contributed by atoms with van der Waals surface area (Å²) in [6.45, 7) is 2.85. The van der Waals surface area contributed by atoms with Gasteiger partial charge in [-0.15, -0.1) is 0 Å². The molecule has 20 heavy (non-hydrogen) atoms. The van der Waals surface area contributed by atoms with E-state index in [0.717, 1.165) is 23.4 Å². The van der Waals surface area contributed by atoms with Gasteiger partial charge in [-0.25, -0.2) is 0 Å². The second kappa shape index (κ2) is 6.93. The molecule has 0 fully saturated rings. The number of nitrogens with zero attached hydrogens (tertiary/aromatic N) is 1. The average molecular weight is 311 g/mol. The molecule has 0 aliphatic rings. The fraction of sp³-hybridized carbons (Fsp3) is 0.267. The van der Waals surface area contributed by atoms with E-state index in [0.29, 0.717) is 10.0 Å². The predicted octanol–water partition coefficient (Wildman–Crippen LogP) is 4.10. The maximum Gasteiger partial charge on any atom is 0.137 e. The molecule has 1 N–H and O–H groups in total. The first-order valence-electron chi connectivity index (χ1n) is 6.33. The van der Waals surface area contributed by atoms with Crippen molar-refractivity contribution in [3.05, 3.63) is 57.8 Å². The lowest BCUT2D eigenvalue weighted by molar-refractivity contribution is 0.411. The molecule has 3 nitrogen and oxygen atoms in total. The zero-order valence-electron chi connectivity index (χ0n) is 11.4. The molecule has 1 aromatic heterocycles. The number of ether oxygens (including phenoxy) is 1. The maximum atomic E-state index is 6.31. The van der Waals surface area contributed by atoms with Crippen molar-refractivity contribution in [2.24, 2.45) is 0 Å². The van der Waals surface area contributed by atoms with Crippen molar-refractivity contribution in [3.8, 4) is 5.75 Å². The van der Waals surface area contributed by atoms with E-state index in [-0.39, 0.29) is 6.04 Å². The van der Waals surface area contributed by atoms with E-state index < -0.39 is 0 Å². The van der Waals surface area contributed by atoms with E-state index in [2.05, 4.69) is 10.3 Å². The van der Waals surface area contributed by atoms with Gasteiger partial charge in [0, 0.05) is 16.2 Å². The number of pyridine rings is 1. The Morgan fingerprint density at radius 1 is 1.25 bits per heavy atom. The van der Waals surface area contributed by atoms with Crippen LogP contribution in [0.2, 0.25) is 10.0 Å². The van der Waals surface area contributed by atoms with Crippen LogP contribution in [0.25, 0.3) is 0 Å². The Labute approximate surface area is 128 Å². The monoisotopic (exact) mass is 310 g/mol. The minimum absolute atomic E-state index is 0.0487. The molecule has 0 amide bonds. The first kappa shape index (κ1) is 15.1. The van der Waals surface area contributed by atoms with Gasteiger partial charge < -0.3 is 10.1 Å². The highest BCUT2D eigenvalue weighted by atomic mass is 35.5. The highest BCUT2D eigenvalue weighted by Crippen LogP contribution is 2.31. The molecular formula is C15H16Cl2N2O. The Hall–Kier alpha value is -1.29. The Balaban J connectivity index is 2.44. The topological polar surface area (TPSA) is 34.2 Å². The van der Waals surface area contributed by atoms with E-state index in [1.807, 2.05) is 25.1 Å². The Bertz CT molecular complexity index is 590. The number of hydrogen-bond acceptors (Lipinski definition) is 3. The summed E-state index contributed by atoms with van der Waals surface area (Å²) >= 11 is 12.3. The maximum absolute atomic E-state index is 6.31. The molecule has 1 atom stereocenters. The summed E-state index contributed by atoms with van der Waals surface area (Å²) in [5.41, 5.74) is 1.96. The molecule has 0 saturated heterocycles. The number of halogens is 2. The lowest BCUT2D eigenvalue weighted by atomic mass is 10.00. The Kier molecular flexibility index (Phi) is 5.24. The van der Waals surface area contributed by atoms with Gasteiger partial charge in [0.15, 0.2) is 0 Å². The molecule has 2 aromatic rings. The van der Waals surface area contributed by atoms with Gasteiger partial charge in [0.25, 0.3) is 0 Å². The van der Waals surface area contributed by atoms with Crippen molar-refractivity contribution in [1.82, 2.24) is 10.3 Å². The number of rotatable bonds is 5. The van der Waals surface area contributed by atoms with Crippen molar-refractivity contribution in [3.63, 3.8) is 0 Å². The Morgan fingerprint density at radius 3 is 2.70 bits per heavy atom. The fourth-order valence-corrected chi connectivity index (χ4v) is 2.57. The quantitative estimate of drug-likeness (QED) is 0.903. The van der Waals surface area contributed by atoms with Crippen LogP contribution in [0.15, 0.2) is 36.7 Å². The van der Waals surface area contributed by atoms with E-state index in [1.54, 1.807) is 25.6 Å². The molecule has 0 bridgehead atoms. The highest BCUT2D eigenvalue weighted by molar-refractivity contribution is 6.35. The summed E-state index contributed by atoms with van der Waals surface area (Å²) in [5.74, 6) is 0.718. The van der Waals surface area contributed by atoms with Crippen LogP contribution in [0.3, 0.4) is 0 Å². The van der Waals surface area contributed by atoms with Gasteiger partial charge >= 0.3 is 0 Å².